The average molecular weight is 417 g/mol. The molecule has 1 aliphatic rings. The monoisotopic (exact) mass is 416 g/mol. The predicted molar refractivity (Wildman–Crippen MR) is 111 cm³/mol. The van der Waals surface area contributed by atoms with Crippen LogP contribution in [0.15, 0.2) is 53.1 Å². The number of aryl methyl sites for hydroxylation is 1. The number of ether oxygens (including phenoxy) is 1. The summed E-state index contributed by atoms with van der Waals surface area (Å²) >= 11 is 7.86. The summed E-state index contributed by atoms with van der Waals surface area (Å²) in [6.45, 7) is 5.06. The smallest absolute Gasteiger partial charge is 0.291 e. The SMILES string of the molecule is Cc1cc(C(c2cccc(Cl)c2)N2CCOCC2)c(NC(=O)c2ccco2)s1. The molecule has 4 rings (SSSR count). The van der Waals surface area contributed by atoms with Gasteiger partial charge in [0, 0.05) is 28.6 Å². The minimum Gasteiger partial charge on any atom is -0.459 e. The van der Waals surface area contributed by atoms with Gasteiger partial charge in [0.05, 0.1) is 25.5 Å². The number of carbonyl (C=O) groups excluding carboxylic acids is 1. The zero-order valence-electron chi connectivity index (χ0n) is 15.5. The van der Waals surface area contributed by atoms with Crippen LogP contribution in [-0.2, 0) is 4.74 Å². The van der Waals surface area contributed by atoms with Gasteiger partial charge in [-0.25, -0.2) is 0 Å². The number of furan rings is 1. The quantitative estimate of drug-likeness (QED) is 0.637. The highest BCUT2D eigenvalue weighted by Crippen LogP contribution is 2.40. The van der Waals surface area contributed by atoms with Crippen LogP contribution in [-0.4, -0.2) is 37.1 Å². The van der Waals surface area contributed by atoms with Crippen molar-refractivity contribution >= 4 is 33.8 Å². The first-order valence-corrected chi connectivity index (χ1v) is 10.3. The summed E-state index contributed by atoms with van der Waals surface area (Å²) in [7, 11) is 0. The molecule has 7 heteroatoms. The molecule has 0 radical (unpaired) electrons. The molecular weight excluding hydrogens is 396 g/mol. The second kappa shape index (κ2) is 8.49. The summed E-state index contributed by atoms with van der Waals surface area (Å²) in [6, 6.07) is 13.4. The van der Waals surface area contributed by atoms with Crippen LogP contribution in [0.4, 0.5) is 5.00 Å². The van der Waals surface area contributed by atoms with E-state index in [4.69, 9.17) is 20.8 Å². The van der Waals surface area contributed by atoms with Crippen molar-refractivity contribution < 1.29 is 13.9 Å². The Hall–Kier alpha value is -2.12. The van der Waals surface area contributed by atoms with Crippen molar-refractivity contribution in [2.24, 2.45) is 0 Å². The van der Waals surface area contributed by atoms with Crippen molar-refractivity contribution in [1.29, 1.82) is 0 Å². The molecule has 1 aromatic carbocycles. The Bertz CT molecular complexity index is 948. The number of anilines is 1. The topological polar surface area (TPSA) is 54.7 Å². The van der Waals surface area contributed by atoms with Crippen molar-refractivity contribution in [3.8, 4) is 0 Å². The number of thiophene rings is 1. The second-order valence-corrected chi connectivity index (χ2v) is 8.37. The zero-order chi connectivity index (χ0) is 19.5. The fourth-order valence-electron chi connectivity index (χ4n) is 3.51. The molecule has 1 N–H and O–H groups in total. The number of halogens is 1. The fraction of sp³-hybridized carbons (Fsp3) is 0.286. The molecule has 1 unspecified atom stereocenters. The Morgan fingerprint density at radius 2 is 2.04 bits per heavy atom. The predicted octanol–water partition coefficient (Wildman–Crippen LogP) is 4.98. The number of nitrogens with zero attached hydrogens (tertiary/aromatic N) is 1. The van der Waals surface area contributed by atoms with Crippen LogP contribution in [0.5, 0.6) is 0 Å². The summed E-state index contributed by atoms with van der Waals surface area (Å²) in [4.78, 5) is 16.1. The van der Waals surface area contributed by atoms with Gasteiger partial charge in [0.1, 0.15) is 5.00 Å². The van der Waals surface area contributed by atoms with Crippen LogP contribution in [0.2, 0.25) is 5.02 Å². The number of hydrogen-bond acceptors (Lipinski definition) is 5. The summed E-state index contributed by atoms with van der Waals surface area (Å²) in [5, 5.41) is 4.56. The number of morpholine rings is 1. The first-order chi connectivity index (χ1) is 13.6. The van der Waals surface area contributed by atoms with Gasteiger partial charge >= 0.3 is 0 Å². The number of rotatable bonds is 5. The third-order valence-electron chi connectivity index (χ3n) is 4.73. The van der Waals surface area contributed by atoms with E-state index in [2.05, 4.69) is 22.3 Å². The lowest BCUT2D eigenvalue weighted by atomic mass is 9.98. The van der Waals surface area contributed by atoms with Crippen LogP contribution in [0, 0.1) is 6.92 Å². The fourth-order valence-corrected chi connectivity index (χ4v) is 4.65. The number of amides is 1. The molecule has 1 fully saturated rings. The van der Waals surface area contributed by atoms with E-state index in [1.54, 1.807) is 23.5 Å². The highest BCUT2D eigenvalue weighted by atomic mass is 35.5. The third-order valence-corrected chi connectivity index (χ3v) is 5.94. The van der Waals surface area contributed by atoms with Crippen molar-refractivity contribution in [2.45, 2.75) is 13.0 Å². The van der Waals surface area contributed by atoms with Crippen LogP contribution in [0.3, 0.4) is 0 Å². The lowest BCUT2D eigenvalue weighted by Gasteiger charge is -2.35. The maximum absolute atomic E-state index is 12.6. The molecule has 28 heavy (non-hydrogen) atoms. The van der Waals surface area contributed by atoms with Gasteiger partial charge in [-0.05, 0) is 42.8 Å². The molecule has 0 spiro atoms. The lowest BCUT2D eigenvalue weighted by molar-refractivity contribution is 0.0241. The van der Waals surface area contributed by atoms with Gasteiger partial charge < -0.3 is 14.5 Å². The summed E-state index contributed by atoms with van der Waals surface area (Å²) in [5.74, 6) is 0.0441. The second-order valence-electron chi connectivity index (χ2n) is 6.68. The molecule has 0 saturated carbocycles. The zero-order valence-corrected chi connectivity index (χ0v) is 17.1. The van der Waals surface area contributed by atoms with Crippen molar-refractivity contribution in [2.75, 3.05) is 31.6 Å². The Kier molecular flexibility index (Phi) is 5.82. The first kappa shape index (κ1) is 19.2. The van der Waals surface area contributed by atoms with Gasteiger partial charge in [0.25, 0.3) is 5.91 Å². The molecule has 1 amide bonds. The number of nitrogens with one attached hydrogen (secondary N) is 1. The lowest BCUT2D eigenvalue weighted by Crippen LogP contribution is -2.39. The number of hydrogen-bond donors (Lipinski definition) is 1. The normalized spacial score (nSPS) is 16.1. The molecule has 146 valence electrons. The molecule has 0 bridgehead atoms. The van der Waals surface area contributed by atoms with E-state index < -0.39 is 0 Å². The van der Waals surface area contributed by atoms with Crippen LogP contribution in [0.1, 0.15) is 32.6 Å². The molecule has 1 saturated heterocycles. The van der Waals surface area contributed by atoms with Crippen molar-refractivity contribution in [3.05, 3.63) is 75.5 Å². The molecular formula is C21H21ClN2O3S. The van der Waals surface area contributed by atoms with Crippen LogP contribution in [0.25, 0.3) is 0 Å². The molecule has 3 aromatic rings. The summed E-state index contributed by atoms with van der Waals surface area (Å²) < 4.78 is 10.8. The largest absolute Gasteiger partial charge is 0.459 e. The van der Waals surface area contributed by atoms with Crippen molar-refractivity contribution in [3.63, 3.8) is 0 Å². The Labute approximate surface area is 172 Å². The maximum atomic E-state index is 12.6. The Morgan fingerprint density at radius 3 is 2.75 bits per heavy atom. The number of benzene rings is 1. The molecule has 3 heterocycles. The highest BCUT2D eigenvalue weighted by molar-refractivity contribution is 7.16. The van der Waals surface area contributed by atoms with E-state index in [1.165, 1.54) is 6.26 Å². The summed E-state index contributed by atoms with van der Waals surface area (Å²) in [5.41, 5.74) is 2.16. The van der Waals surface area contributed by atoms with E-state index in [-0.39, 0.29) is 11.9 Å². The number of carbonyl (C=O) groups is 1. The van der Waals surface area contributed by atoms with E-state index in [1.807, 2.05) is 25.1 Å². The van der Waals surface area contributed by atoms with Crippen molar-refractivity contribution in [1.82, 2.24) is 4.90 Å². The summed E-state index contributed by atoms with van der Waals surface area (Å²) in [6.07, 6.45) is 1.50. The minimum atomic E-state index is -0.250. The molecule has 1 aliphatic heterocycles. The van der Waals surface area contributed by atoms with Gasteiger partial charge in [0.15, 0.2) is 5.76 Å². The van der Waals surface area contributed by atoms with Crippen LogP contribution < -0.4 is 5.32 Å². The third kappa shape index (κ3) is 4.15. The Balaban J connectivity index is 1.72. The van der Waals surface area contributed by atoms with E-state index in [0.29, 0.717) is 24.0 Å². The average Bonchev–Trinajstić information content (AvgIpc) is 3.34. The maximum Gasteiger partial charge on any atom is 0.291 e. The van der Waals surface area contributed by atoms with E-state index >= 15 is 0 Å². The van der Waals surface area contributed by atoms with Gasteiger partial charge in [0.2, 0.25) is 0 Å². The van der Waals surface area contributed by atoms with E-state index in [0.717, 1.165) is 34.1 Å². The molecule has 1 atom stereocenters. The highest BCUT2D eigenvalue weighted by Gasteiger charge is 2.28. The van der Waals surface area contributed by atoms with Gasteiger partial charge in [-0.1, -0.05) is 23.7 Å². The first-order valence-electron chi connectivity index (χ1n) is 9.14. The Morgan fingerprint density at radius 1 is 1.21 bits per heavy atom. The van der Waals surface area contributed by atoms with Gasteiger partial charge in [-0.15, -0.1) is 11.3 Å². The molecule has 2 aromatic heterocycles. The molecule has 0 aliphatic carbocycles. The van der Waals surface area contributed by atoms with E-state index in [9.17, 15) is 4.79 Å². The van der Waals surface area contributed by atoms with Gasteiger partial charge in [-0.2, -0.15) is 0 Å². The standard InChI is InChI=1S/C21H21ClN2O3S/c1-14-12-17(21(28-14)23-20(25)18-6-3-9-27-18)19(24-7-10-26-11-8-24)15-4-2-5-16(22)13-15/h2-6,9,12-13,19H,7-8,10-11H2,1H3,(H,23,25). The minimum absolute atomic E-state index is 0.0144. The van der Waals surface area contributed by atoms with Crippen LogP contribution >= 0.6 is 22.9 Å². The van der Waals surface area contributed by atoms with Gasteiger partial charge in [-0.3, -0.25) is 9.69 Å². The molecule has 5 nitrogen and oxygen atoms in total.